The summed E-state index contributed by atoms with van der Waals surface area (Å²) < 4.78 is 20.9. The van der Waals surface area contributed by atoms with Crippen LogP contribution in [0, 0.1) is 0 Å². The summed E-state index contributed by atoms with van der Waals surface area (Å²) in [4.78, 5) is 12.3. The highest BCUT2D eigenvalue weighted by Crippen LogP contribution is 2.28. The third-order valence-corrected chi connectivity index (χ3v) is 4.55. The van der Waals surface area contributed by atoms with Crippen molar-refractivity contribution in [2.75, 3.05) is 13.7 Å². The van der Waals surface area contributed by atoms with Gasteiger partial charge in [-0.2, -0.15) is 0 Å². The van der Waals surface area contributed by atoms with Crippen LogP contribution < -0.4 is 14.2 Å². The number of phenols is 1. The molecule has 1 fully saturated rings. The molecule has 0 amide bonds. The number of aromatic hydroxyl groups is 1. The van der Waals surface area contributed by atoms with Gasteiger partial charge in [-0.3, -0.25) is 0 Å². The van der Waals surface area contributed by atoms with Gasteiger partial charge in [0, 0.05) is 0 Å². The monoisotopic (exact) mass is 422 g/mol. The van der Waals surface area contributed by atoms with Crippen molar-refractivity contribution in [2.24, 2.45) is 0 Å². The van der Waals surface area contributed by atoms with Crippen molar-refractivity contribution >= 4 is 5.97 Å². The van der Waals surface area contributed by atoms with Crippen molar-refractivity contribution in [3.05, 3.63) is 48.0 Å². The summed E-state index contributed by atoms with van der Waals surface area (Å²) in [7, 11) is 1.36. The van der Waals surface area contributed by atoms with Crippen LogP contribution in [0.2, 0.25) is 0 Å². The fraction of sp³-hybridized carbons (Fsp3) is 0.350. The van der Waals surface area contributed by atoms with E-state index in [-0.39, 0.29) is 28.6 Å². The molecule has 0 saturated carbocycles. The Kier molecular flexibility index (Phi) is 6.75. The maximum atomic E-state index is 12.3. The molecule has 5 unspecified atom stereocenters. The van der Waals surface area contributed by atoms with Gasteiger partial charge in [0.15, 0.2) is 11.5 Å². The number of aliphatic hydroxyl groups is 4. The molecular formula is C20H22O10. The number of carbonyl (C=O) groups excluding carboxylic acids is 1. The number of esters is 1. The number of phenolic OH excluding ortho intramolecular Hbond substituents is 1. The zero-order valence-electron chi connectivity index (χ0n) is 15.9. The normalized spacial score (nSPS) is 26.1. The van der Waals surface area contributed by atoms with E-state index in [0.717, 1.165) is 0 Å². The number of hydrogen-bond donors (Lipinski definition) is 5. The Balaban J connectivity index is 1.64. The topological polar surface area (TPSA) is 155 Å². The number of carbonyl (C=O) groups is 1. The second-order valence-corrected chi connectivity index (χ2v) is 6.56. The van der Waals surface area contributed by atoms with Crippen molar-refractivity contribution in [1.29, 1.82) is 0 Å². The summed E-state index contributed by atoms with van der Waals surface area (Å²) in [5.74, 6) is -0.217. The largest absolute Gasteiger partial charge is 0.504 e. The molecule has 2 aromatic carbocycles. The fourth-order valence-electron chi connectivity index (χ4n) is 2.86. The van der Waals surface area contributed by atoms with Gasteiger partial charge < -0.3 is 44.5 Å². The SMILES string of the molecule is COc1cc(C(=O)Oc2ccc(OC3OC(CO)C(O)C(O)C3O)cc2)ccc1O. The lowest BCUT2D eigenvalue weighted by molar-refractivity contribution is -0.277. The Morgan fingerprint density at radius 2 is 1.67 bits per heavy atom. The van der Waals surface area contributed by atoms with E-state index in [9.17, 15) is 30.3 Å². The van der Waals surface area contributed by atoms with E-state index >= 15 is 0 Å². The lowest BCUT2D eigenvalue weighted by Gasteiger charge is -2.39. The van der Waals surface area contributed by atoms with Gasteiger partial charge in [-0.25, -0.2) is 4.79 Å². The van der Waals surface area contributed by atoms with Crippen LogP contribution >= 0.6 is 0 Å². The highest BCUT2D eigenvalue weighted by atomic mass is 16.7. The van der Waals surface area contributed by atoms with E-state index in [1.54, 1.807) is 0 Å². The van der Waals surface area contributed by atoms with Gasteiger partial charge in [-0.15, -0.1) is 0 Å². The van der Waals surface area contributed by atoms with E-state index in [0.29, 0.717) is 0 Å². The van der Waals surface area contributed by atoms with Crippen molar-refractivity contribution in [2.45, 2.75) is 30.7 Å². The summed E-state index contributed by atoms with van der Waals surface area (Å²) in [6.45, 7) is -0.568. The number of rotatable bonds is 6. The summed E-state index contributed by atoms with van der Waals surface area (Å²) in [6, 6.07) is 9.81. The highest BCUT2D eigenvalue weighted by Gasteiger charge is 2.44. The molecule has 1 heterocycles. The van der Waals surface area contributed by atoms with E-state index in [1.807, 2.05) is 0 Å². The molecule has 1 saturated heterocycles. The third-order valence-electron chi connectivity index (χ3n) is 4.55. The van der Waals surface area contributed by atoms with Crippen molar-refractivity contribution < 1.29 is 49.3 Å². The predicted octanol–water partition coefficient (Wildman–Crippen LogP) is -0.201. The van der Waals surface area contributed by atoms with E-state index in [4.69, 9.17) is 18.9 Å². The van der Waals surface area contributed by atoms with E-state index in [1.165, 1.54) is 49.6 Å². The first-order valence-corrected chi connectivity index (χ1v) is 9.00. The van der Waals surface area contributed by atoms with E-state index < -0.39 is 43.3 Å². The fourth-order valence-corrected chi connectivity index (χ4v) is 2.86. The summed E-state index contributed by atoms with van der Waals surface area (Å²) in [5, 5.41) is 48.4. The minimum absolute atomic E-state index is 0.108. The summed E-state index contributed by atoms with van der Waals surface area (Å²) >= 11 is 0. The maximum absolute atomic E-state index is 12.3. The molecule has 5 atom stereocenters. The Morgan fingerprint density at radius 1 is 1.00 bits per heavy atom. The highest BCUT2D eigenvalue weighted by molar-refractivity contribution is 5.91. The number of ether oxygens (including phenoxy) is 4. The maximum Gasteiger partial charge on any atom is 0.343 e. The minimum atomic E-state index is -1.55. The van der Waals surface area contributed by atoms with Crippen molar-refractivity contribution in [3.8, 4) is 23.0 Å². The standard InChI is InChI=1S/C20H22O10/c1-27-14-8-10(2-7-13(14)22)19(26)28-11-3-5-12(6-4-11)29-20-18(25)17(24)16(23)15(9-21)30-20/h2-8,15-18,20-25H,9H2,1H3. The second kappa shape index (κ2) is 9.28. The Bertz CT molecular complexity index is 866. The molecule has 0 aromatic heterocycles. The zero-order valence-corrected chi connectivity index (χ0v) is 15.9. The van der Waals surface area contributed by atoms with Crippen LogP contribution in [0.4, 0.5) is 0 Å². The number of benzene rings is 2. The molecule has 0 spiro atoms. The number of methoxy groups -OCH3 is 1. The third kappa shape index (κ3) is 4.64. The molecule has 2 aromatic rings. The minimum Gasteiger partial charge on any atom is -0.504 e. The van der Waals surface area contributed by atoms with Crippen molar-refractivity contribution in [3.63, 3.8) is 0 Å². The van der Waals surface area contributed by atoms with Gasteiger partial charge in [0.2, 0.25) is 6.29 Å². The lowest BCUT2D eigenvalue weighted by Crippen LogP contribution is -2.60. The van der Waals surface area contributed by atoms with E-state index in [2.05, 4.69) is 0 Å². The van der Waals surface area contributed by atoms with Crippen LogP contribution in [-0.4, -0.2) is 75.9 Å². The molecule has 0 aliphatic carbocycles. The average molecular weight is 422 g/mol. The van der Waals surface area contributed by atoms with Gasteiger partial charge in [0.1, 0.15) is 35.9 Å². The molecule has 0 bridgehead atoms. The molecule has 0 radical (unpaired) electrons. The summed E-state index contributed by atoms with van der Waals surface area (Å²) in [5.41, 5.74) is 0.172. The Hall–Kier alpha value is -2.89. The first-order valence-electron chi connectivity index (χ1n) is 9.00. The van der Waals surface area contributed by atoms with Crippen LogP contribution in [0.3, 0.4) is 0 Å². The van der Waals surface area contributed by atoms with Gasteiger partial charge in [0.05, 0.1) is 19.3 Å². The lowest BCUT2D eigenvalue weighted by atomic mass is 9.99. The van der Waals surface area contributed by atoms with Gasteiger partial charge in [0.25, 0.3) is 0 Å². The quantitative estimate of drug-likeness (QED) is 0.312. The smallest absolute Gasteiger partial charge is 0.343 e. The molecular weight excluding hydrogens is 400 g/mol. The molecule has 10 heteroatoms. The van der Waals surface area contributed by atoms with Crippen LogP contribution in [0.5, 0.6) is 23.0 Å². The molecule has 30 heavy (non-hydrogen) atoms. The average Bonchev–Trinajstić information content (AvgIpc) is 2.75. The second-order valence-electron chi connectivity index (χ2n) is 6.56. The molecule has 1 aliphatic heterocycles. The van der Waals surface area contributed by atoms with Gasteiger partial charge in [-0.05, 0) is 42.5 Å². The predicted molar refractivity (Wildman–Crippen MR) is 100 cm³/mol. The van der Waals surface area contributed by atoms with Crippen molar-refractivity contribution in [1.82, 2.24) is 0 Å². The molecule has 3 rings (SSSR count). The van der Waals surface area contributed by atoms with Gasteiger partial charge in [-0.1, -0.05) is 0 Å². The molecule has 1 aliphatic rings. The van der Waals surface area contributed by atoms with Crippen LogP contribution in [-0.2, 0) is 4.74 Å². The van der Waals surface area contributed by atoms with Crippen LogP contribution in [0.15, 0.2) is 42.5 Å². The zero-order chi connectivity index (χ0) is 21.8. The van der Waals surface area contributed by atoms with Crippen LogP contribution in [0.1, 0.15) is 10.4 Å². The first-order chi connectivity index (χ1) is 14.3. The summed E-state index contributed by atoms with van der Waals surface area (Å²) in [6.07, 6.45) is -6.98. The number of hydrogen-bond acceptors (Lipinski definition) is 10. The number of aliphatic hydroxyl groups excluding tert-OH is 4. The first kappa shape index (κ1) is 21.8. The van der Waals surface area contributed by atoms with Gasteiger partial charge >= 0.3 is 5.97 Å². The van der Waals surface area contributed by atoms with Crippen LogP contribution in [0.25, 0.3) is 0 Å². The molecule has 162 valence electrons. The molecule has 5 N–H and O–H groups in total. The molecule has 10 nitrogen and oxygen atoms in total. The Labute approximate surface area is 171 Å². The Morgan fingerprint density at radius 3 is 2.30 bits per heavy atom.